The first-order valence-electron chi connectivity index (χ1n) is 7.13. The standard InChI is InChI=1S/C16H25NO/c1-12(2)11-18-16-6-4-5-14(10-16)17-15-8-7-13(3)9-15/h4-6,10,12-13,15,17H,7-9,11H2,1-3H3. The van der Waals surface area contributed by atoms with Crippen LogP contribution in [0.3, 0.4) is 0 Å². The van der Waals surface area contributed by atoms with E-state index in [1.54, 1.807) is 0 Å². The Labute approximate surface area is 111 Å². The van der Waals surface area contributed by atoms with Crippen LogP contribution in [0.15, 0.2) is 24.3 Å². The van der Waals surface area contributed by atoms with Crippen molar-refractivity contribution >= 4 is 5.69 Å². The van der Waals surface area contributed by atoms with Crippen LogP contribution in [0.25, 0.3) is 0 Å². The van der Waals surface area contributed by atoms with E-state index in [0.717, 1.165) is 18.3 Å². The normalized spacial score (nSPS) is 23.3. The molecule has 1 aromatic rings. The molecule has 2 nitrogen and oxygen atoms in total. The van der Waals surface area contributed by atoms with E-state index in [-0.39, 0.29) is 0 Å². The van der Waals surface area contributed by atoms with Crippen molar-refractivity contribution in [3.05, 3.63) is 24.3 Å². The number of anilines is 1. The number of rotatable bonds is 5. The van der Waals surface area contributed by atoms with E-state index in [2.05, 4.69) is 44.3 Å². The Bertz CT molecular complexity index is 375. The molecule has 0 bridgehead atoms. The number of nitrogens with one attached hydrogen (secondary N) is 1. The zero-order valence-electron chi connectivity index (χ0n) is 11.8. The van der Waals surface area contributed by atoms with E-state index in [9.17, 15) is 0 Å². The summed E-state index contributed by atoms with van der Waals surface area (Å²) < 4.78 is 5.75. The average Bonchev–Trinajstić information content (AvgIpc) is 2.73. The van der Waals surface area contributed by atoms with Gasteiger partial charge in [0.1, 0.15) is 5.75 Å². The molecule has 2 atom stereocenters. The SMILES string of the molecule is CC(C)COc1cccc(NC2CCC(C)C2)c1. The zero-order valence-corrected chi connectivity index (χ0v) is 11.8. The third kappa shape index (κ3) is 3.94. The van der Waals surface area contributed by atoms with Crippen molar-refractivity contribution in [1.82, 2.24) is 0 Å². The molecule has 1 aliphatic carbocycles. The molecule has 1 aromatic carbocycles. The van der Waals surface area contributed by atoms with Gasteiger partial charge in [0, 0.05) is 17.8 Å². The Hall–Kier alpha value is -1.18. The Kier molecular flexibility index (Phi) is 4.51. The summed E-state index contributed by atoms with van der Waals surface area (Å²) in [7, 11) is 0. The van der Waals surface area contributed by atoms with Gasteiger partial charge in [-0.1, -0.05) is 26.8 Å². The Morgan fingerprint density at radius 1 is 1.33 bits per heavy atom. The van der Waals surface area contributed by atoms with Gasteiger partial charge in [0.2, 0.25) is 0 Å². The van der Waals surface area contributed by atoms with Crippen molar-refractivity contribution in [3.8, 4) is 5.75 Å². The molecule has 0 saturated heterocycles. The molecule has 0 amide bonds. The van der Waals surface area contributed by atoms with Gasteiger partial charge in [-0.3, -0.25) is 0 Å². The molecule has 0 spiro atoms. The topological polar surface area (TPSA) is 21.3 Å². The van der Waals surface area contributed by atoms with Crippen LogP contribution in [0.1, 0.15) is 40.0 Å². The fourth-order valence-electron chi connectivity index (χ4n) is 2.51. The highest BCUT2D eigenvalue weighted by atomic mass is 16.5. The minimum absolute atomic E-state index is 0.567. The van der Waals surface area contributed by atoms with Crippen molar-refractivity contribution in [3.63, 3.8) is 0 Å². The third-order valence-electron chi connectivity index (χ3n) is 3.48. The van der Waals surface area contributed by atoms with Crippen LogP contribution in [0.4, 0.5) is 5.69 Å². The number of ether oxygens (including phenoxy) is 1. The first-order valence-corrected chi connectivity index (χ1v) is 7.13. The van der Waals surface area contributed by atoms with Crippen LogP contribution in [-0.4, -0.2) is 12.6 Å². The molecule has 1 N–H and O–H groups in total. The summed E-state index contributed by atoms with van der Waals surface area (Å²) in [5.74, 6) is 2.40. The lowest BCUT2D eigenvalue weighted by Crippen LogP contribution is -2.15. The first-order chi connectivity index (χ1) is 8.63. The zero-order chi connectivity index (χ0) is 13.0. The highest BCUT2D eigenvalue weighted by molar-refractivity contribution is 5.49. The van der Waals surface area contributed by atoms with Gasteiger partial charge in [-0.2, -0.15) is 0 Å². The molecule has 2 heteroatoms. The van der Waals surface area contributed by atoms with Gasteiger partial charge in [-0.05, 0) is 43.2 Å². The predicted molar refractivity (Wildman–Crippen MR) is 77.2 cm³/mol. The summed E-state index contributed by atoms with van der Waals surface area (Å²) >= 11 is 0. The molecular weight excluding hydrogens is 222 g/mol. The number of hydrogen-bond acceptors (Lipinski definition) is 2. The number of hydrogen-bond donors (Lipinski definition) is 1. The summed E-state index contributed by atoms with van der Waals surface area (Å²) in [5.41, 5.74) is 1.19. The molecular formula is C16H25NO. The van der Waals surface area contributed by atoms with Crippen molar-refractivity contribution < 1.29 is 4.74 Å². The monoisotopic (exact) mass is 247 g/mol. The molecule has 2 rings (SSSR count). The van der Waals surface area contributed by atoms with Crippen LogP contribution in [-0.2, 0) is 0 Å². The van der Waals surface area contributed by atoms with Gasteiger partial charge in [0.05, 0.1) is 6.61 Å². The van der Waals surface area contributed by atoms with Crippen molar-refractivity contribution in [1.29, 1.82) is 0 Å². The van der Waals surface area contributed by atoms with Gasteiger partial charge in [-0.25, -0.2) is 0 Å². The summed E-state index contributed by atoms with van der Waals surface area (Å²) in [6.07, 6.45) is 3.93. The summed E-state index contributed by atoms with van der Waals surface area (Å²) in [4.78, 5) is 0. The van der Waals surface area contributed by atoms with Gasteiger partial charge >= 0.3 is 0 Å². The smallest absolute Gasteiger partial charge is 0.121 e. The minimum atomic E-state index is 0.567. The molecule has 100 valence electrons. The van der Waals surface area contributed by atoms with Gasteiger partial charge in [-0.15, -0.1) is 0 Å². The van der Waals surface area contributed by atoms with Crippen LogP contribution in [0.2, 0.25) is 0 Å². The molecule has 0 radical (unpaired) electrons. The minimum Gasteiger partial charge on any atom is -0.493 e. The lowest BCUT2D eigenvalue weighted by atomic mass is 10.1. The summed E-state index contributed by atoms with van der Waals surface area (Å²) in [6, 6.07) is 8.98. The molecule has 0 heterocycles. The fraction of sp³-hybridized carbons (Fsp3) is 0.625. The molecule has 18 heavy (non-hydrogen) atoms. The second kappa shape index (κ2) is 6.12. The Morgan fingerprint density at radius 3 is 2.83 bits per heavy atom. The van der Waals surface area contributed by atoms with E-state index < -0.39 is 0 Å². The summed E-state index contributed by atoms with van der Waals surface area (Å²) in [6.45, 7) is 7.46. The lowest BCUT2D eigenvalue weighted by Gasteiger charge is -2.15. The molecule has 1 saturated carbocycles. The maximum atomic E-state index is 5.75. The van der Waals surface area contributed by atoms with E-state index in [0.29, 0.717) is 12.0 Å². The van der Waals surface area contributed by atoms with Gasteiger partial charge in [0.15, 0.2) is 0 Å². The second-order valence-corrected chi connectivity index (χ2v) is 5.99. The van der Waals surface area contributed by atoms with E-state index in [4.69, 9.17) is 4.74 Å². The molecule has 2 unspecified atom stereocenters. The fourth-order valence-corrected chi connectivity index (χ4v) is 2.51. The Balaban J connectivity index is 1.90. The predicted octanol–water partition coefficient (Wildman–Crippen LogP) is 4.32. The quantitative estimate of drug-likeness (QED) is 0.836. The maximum Gasteiger partial charge on any atom is 0.121 e. The highest BCUT2D eigenvalue weighted by Gasteiger charge is 2.20. The van der Waals surface area contributed by atoms with Crippen molar-refractivity contribution in [2.45, 2.75) is 46.1 Å². The second-order valence-electron chi connectivity index (χ2n) is 5.99. The third-order valence-corrected chi connectivity index (χ3v) is 3.48. The van der Waals surface area contributed by atoms with E-state index in [1.165, 1.54) is 24.9 Å². The molecule has 0 aliphatic heterocycles. The van der Waals surface area contributed by atoms with E-state index >= 15 is 0 Å². The number of benzene rings is 1. The molecule has 1 fully saturated rings. The van der Waals surface area contributed by atoms with Crippen LogP contribution in [0.5, 0.6) is 5.75 Å². The first kappa shape index (κ1) is 13.3. The summed E-state index contributed by atoms with van der Waals surface area (Å²) in [5, 5.41) is 3.62. The van der Waals surface area contributed by atoms with Crippen LogP contribution >= 0.6 is 0 Å². The maximum absolute atomic E-state index is 5.75. The largest absolute Gasteiger partial charge is 0.493 e. The lowest BCUT2D eigenvalue weighted by molar-refractivity contribution is 0.271. The van der Waals surface area contributed by atoms with Crippen molar-refractivity contribution in [2.24, 2.45) is 11.8 Å². The van der Waals surface area contributed by atoms with Gasteiger partial charge < -0.3 is 10.1 Å². The van der Waals surface area contributed by atoms with E-state index in [1.807, 2.05) is 6.07 Å². The molecule has 0 aromatic heterocycles. The molecule has 1 aliphatic rings. The van der Waals surface area contributed by atoms with Crippen LogP contribution < -0.4 is 10.1 Å². The Morgan fingerprint density at radius 2 is 2.17 bits per heavy atom. The highest BCUT2D eigenvalue weighted by Crippen LogP contribution is 2.28. The van der Waals surface area contributed by atoms with Crippen molar-refractivity contribution in [2.75, 3.05) is 11.9 Å². The van der Waals surface area contributed by atoms with Crippen LogP contribution in [0, 0.1) is 11.8 Å². The average molecular weight is 247 g/mol. The van der Waals surface area contributed by atoms with Gasteiger partial charge in [0.25, 0.3) is 0 Å².